The number of hydrogen-bond donors (Lipinski definition) is 0. The molecule has 0 unspecified atom stereocenters. The van der Waals surface area contributed by atoms with Crippen molar-refractivity contribution in [2.75, 3.05) is 0 Å². The molecule has 0 aliphatic carbocycles. The number of hydrogen-bond acceptors (Lipinski definition) is 3. The number of nitrogens with zero attached hydrogens (tertiary/aromatic N) is 2. The van der Waals surface area contributed by atoms with E-state index in [1.54, 1.807) is 16.8 Å². The first-order valence-electron chi connectivity index (χ1n) is 8.04. The summed E-state index contributed by atoms with van der Waals surface area (Å²) in [7, 11) is 0. The zero-order valence-electron chi connectivity index (χ0n) is 13.7. The minimum absolute atomic E-state index is 0.188. The lowest BCUT2D eigenvalue weighted by Crippen LogP contribution is -2.09. The van der Waals surface area contributed by atoms with E-state index in [4.69, 9.17) is 4.42 Å². The SMILES string of the molecule is Cc1ccc(C(=O)c2cc(-c3ccccc3)nn2-c2ccccc2)o1. The minimum atomic E-state index is -0.188. The summed E-state index contributed by atoms with van der Waals surface area (Å²) in [5, 5.41) is 4.66. The second-order valence-corrected chi connectivity index (χ2v) is 5.77. The third-order valence-electron chi connectivity index (χ3n) is 3.98. The fraction of sp³-hybridized carbons (Fsp3) is 0.0476. The van der Waals surface area contributed by atoms with Gasteiger partial charge in [0, 0.05) is 5.56 Å². The molecule has 0 amide bonds. The van der Waals surface area contributed by atoms with Gasteiger partial charge in [0.2, 0.25) is 5.78 Å². The molecule has 0 bridgehead atoms. The number of aryl methyl sites for hydroxylation is 1. The third-order valence-corrected chi connectivity index (χ3v) is 3.98. The van der Waals surface area contributed by atoms with Gasteiger partial charge in [0.1, 0.15) is 11.5 Å². The highest BCUT2D eigenvalue weighted by Gasteiger charge is 2.21. The fourth-order valence-electron chi connectivity index (χ4n) is 2.74. The van der Waals surface area contributed by atoms with Gasteiger partial charge in [-0.05, 0) is 37.3 Å². The Balaban J connectivity index is 1.87. The lowest BCUT2D eigenvalue weighted by molar-refractivity contribution is 0.100. The van der Waals surface area contributed by atoms with Crippen molar-refractivity contribution in [2.24, 2.45) is 0 Å². The Kier molecular flexibility index (Phi) is 3.78. The smallest absolute Gasteiger partial charge is 0.246 e. The normalized spacial score (nSPS) is 10.8. The van der Waals surface area contributed by atoms with Gasteiger partial charge in [0.15, 0.2) is 5.76 Å². The molecule has 4 rings (SSSR count). The van der Waals surface area contributed by atoms with E-state index in [2.05, 4.69) is 5.10 Å². The Morgan fingerprint density at radius 1 is 0.920 bits per heavy atom. The van der Waals surface area contributed by atoms with Gasteiger partial charge in [-0.15, -0.1) is 0 Å². The Labute approximate surface area is 145 Å². The number of ketones is 1. The van der Waals surface area contributed by atoms with Crippen LogP contribution >= 0.6 is 0 Å². The number of benzene rings is 2. The van der Waals surface area contributed by atoms with Gasteiger partial charge in [0.05, 0.1) is 11.4 Å². The van der Waals surface area contributed by atoms with E-state index in [1.165, 1.54) is 0 Å². The Morgan fingerprint density at radius 2 is 1.60 bits per heavy atom. The van der Waals surface area contributed by atoms with Crippen molar-refractivity contribution >= 4 is 5.78 Å². The van der Waals surface area contributed by atoms with Crippen molar-refractivity contribution in [1.29, 1.82) is 0 Å². The van der Waals surface area contributed by atoms with Crippen molar-refractivity contribution in [2.45, 2.75) is 6.92 Å². The molecule has 4 heteroatoms. The second kappa shape index (κ2) is 6.24. The first-order chi connectivity index (χ1) is 12.2. The quantitative estimate of drug-likeness (QED) is 0.511. The second-order valence-electron chi connectivity index (χ2n) is 5.77. The van der Waals surface area contributed by atoms with Crippen LogP contribution in [0.3, 0.4) is 0 Å². The summed E-state index contributed by atoms with van der Waals surface area (Å²) in [6, 6.07) is 24.7. The van der Waals surface area contributed by atoms with Gasteiger partial charge in [-0.3, -0.25) is 4.79 Å². The zero-order chi connectivity index (χ0) is 17.2. The van der Waals surface area contributed by atoms with E-state index >= 15 is 0 Å². The van der Waals surface area contributed by atoms with Crippen LogP contribution in [0.25, 0.3) is 16.9 Å². The molecule has 0 N–H and O–H groups in total. The molecule has 2 heterocycles. The van der Waals surface area contributed by atoms with E-state index in [-0.39, 0.29) is 5.78 Å². The molecule has 0 saturated carbocycles. The molecular formula is C21H16N2O2. The molecule has 2 aromatic carbocycles. The molecule has 4 nitrogen and oxygen atoms in total. The summed E-state index contributed by atoms with van der Waals surface area (Å²) >= 11 is 0. The molecule has 0 aliphatic heterocycles. The fourth-order valence-corrected chi connectivity index (χ4v) is 2.74. The number of carbonyl (C=O) groups is 1. The highest BCUT2D eigenvalue weighted by atomic mass is 16.3. The molecule has 0 spiro atoms. The topological polar surface area (TPSA) is 48.0 Å². The number of rotatable bonds is 4. The predicted molar refractivity (Wildman–Crippen MR) is 95.9 cm³/mol. The van der Waals surface area contributed by atoms with Crippen LogP contribution < -0.4 is 0 Å². The Morgan fingerprint density at radius 3 is 2.24 bits per heavy atom. The summed E-state index contributed by atoms with van der Waals surface area (Å²) < 4.78 is 7.18. The molecule has 0 saturated heterocycles. The van der Waals surface area contributed by atoms with Gasteiger partial charge in [-0.25, -0.2) is 4.68 Å². The predicted octanol–water partition coefficient (Wildman–Crippen LogP) is 4.67. The highest BCUT2D eigenvalue weighted by molar-refractivity contribution is 6.07. The standard InChI is InChI=1S/C21H16N2O2/c1-15-12-13-20(25-15)21(24)19-14-18(16-8-4-2-5-9-16)22-23(19)17-10-6-3-7-11-17/h2-14H,1H3. The van der Waals surface area contributed by atoms with E-state index in [9.17, 15) is 4.79 Å². The average Bonchev–Trinajstić information content (AvgIpc) is 3.29. The molecule has 122 valence electrons. The van der Waals surface area contributed by atoms with Crippen LogP contribution in [0.1, 0.15) is 22.0 Å². The number of carbonyl (C=O) groups excluding carboxylic acids is 1. The largest absolute Gasteiger partial charge is 0.458 e. The van der Waals surface area contributed by atoms with Gasteiger partial charge < -0.3 is 4.42 Å². The van der Waals surface area contributed by atoms with Gasteiger partial charge in [-0.1, -0.05) is 48.5 Å². The summed E-state index contributed by atoms with van der Waals surface area (Å²) in [6.45, 7) is 1.82. The maximum Gasteiger partial charge on any atom is 0.246 e. The van der Waals surface area contributed by atoms with Crippen LogP contribution in [0, 0.1) is 6.92 Å². The van der Waals surface area contributed by atoms with Crippen LogP contribution in [0.5, 0.6) is 0 Å². The molecule has 0 atom stereocenters. The average molecular weight is 328 g/mol. The van der Waals surface area contributed by atoms with Crippen LogP contribution in [0.15, 0.2) is 83.3 Å². The van der Waals surface area contributed by atoms with Crippen molar-refractivity contribution in [3.63, 3.8) is 0 Å². The molecule has 0 fully saturated rings. The first-order valence-corrected chi connectivity index (χ1v) is 8.04. The van der Waals surface area contributed by atoms with Gasteiger partial charge in [-0.2, -0.15) is 5.10 Å². The van der Waals surface area contributed by atoms with Crippen molar-refractivity contribution in [3.05, 3.63) is 96.1 Å². The molecular weight excluding hydrogens is 312 g/mol. The molecule has 4 aromatic rings. The van der Waals surface area contributed by atoms with Gasteiger partial charge >= 0.3 is 0 Å². The minimum Gasteiger partial charge on any atom is -0.458 e. The van der Waals surface area contributed by atoms with Crippen molar-refractivity contribution in [3.8, 4) is 16.9 Å². The monoisotopic (exact) mass is 328 g/mol. The number of furan rings is 1. The molecule has 0 aliphatic rings. The number of aromatic nitrogens is 2. The third kappa shape index (κ3) is 2.90. The summed E-state index contributed by atoms with van der Waals surface area (Å²) in [6.07, 6.45) is 0. The number of para-hydroxylation sites is 1. The van der Waals surface area contributed by atoms with Crippen LogP contribution in [-0.2, 0) is 0 Å². The lowest BCUT2D eigenvalue weighted by Gasteiger charge is -2.05. The Bertz CT molecular complexity index is 1010. The van der Waals surface area contributed by atoms with E-state index < -0.39 is 0 Å². The Hall–Kier alpha value is -3.40. The van der Waals surface area contributed by atoms with Crippen LogP contribution in [-0.4, -0.2) is 15.6 Å². The first kappa shape index (κ1) is 15.1. The van der Waals surface area contributed by atoms with Crippen LogP contribution in [0.4, 0.5) is 0 Å². The lowest BCUT2D eigenvalue weighted by atomic mass is 10.1. The maximum atomic E-state index is 12.9. The maximum absolute atomic E-state index is 12.9. The molecule has 2 aromatic heterocycles. The van der Waals surface area contributed by atoms with E-state index in [1.807, 2.05) is 73.7 Å². The van der Waals surface area contributed by atoms with Crippen molar-refractivity contribution in [1.82, 2.24) is 9.78 Å². The van der Waals surface area contributed by atoms with Crippen LogP contribution in [0.2, 0.25) is 0 Å². The zero-order valence-corrected chi connectivity index (χ0v) is 13.7. The van der Waals surface area contributed by atoms with Crippen molar-refractivity contribution < 1.29 is 9.21 Å². The molecule has 0 radical (unpaired) electrons. The van der Waals surface area contributed by atoms with E-state index in [0.29, 0.717) is 17.2 Å². The highest BCUT2D eigenvalue weighted by Crippen LogP contribution is 2.24. The van der Waals surface area contributed by atoms with E-state index in [0.717, 1.165) is 16.9 Å². The molecule has 25 heavy (non-hydrogen) atoms. The summed E-state index contributed by atoms with van der Waals surface area (Å²) in [5.74, 6) is 0.832. The summed E-state index contributed by atoms with van der Waals surface area (Å²) in [4.78, 5) is 12.9. The van der Waals surface area contributed by atoms with Gasteiger partial charge in [0.25, 0.3) is 0 Å². The summed E-state index contributed by atoms with van der Waals surface area (Å²) in [5.41, 5.74) is 3.01.